The van der Waals surface area contributed by atoms with Crippen molar-refractivity contribution in [2.24, 2.45) is 0 Å². The van der Waals surface area contributed by atoms with Gasteiger partial charge in [0.15, 0.2) is 5.69 Å². The van der Waals surface area contributed by atoms with Crippen molar-refractivity contribution in [1.29, 1.82) is 0 Å². The van der Waals surface area contributed by atoms with E-state index < -0.39 is 5.97 Å². The zero-order chi connectivity index (χ0) is 11.3. The van der Waals surface area contributed by atoms with E-state index >= 15 is 0 Å². The molecule has 0 radical (unpaired) electrons. The Bertz CT molecular complexity index is 335. The van der Waals surface area contributed by atoms with E-state index in [1.807, 2.05) is 0 Å². The van der Waals surface area contributed by atoms with Crippen LogP contribution < -0.4 is 0 Å². The van der Waals surface area contributed by atoms with Gasteiger partial charge in [-0.05, 0) is 13.8 Å². The highest BCUT2D eigenvalue weighted by molar-refractivity contribution is 5.88. The highest BCUT2D eigenvalue weighted by Gasteiger charge is 2.16. The number of carbonyl (C=O) groups excluding carboxylic acids is 1. The van der Waals surface area contributed by atoms with E-state index in [0.717, 1.165) is 0 Å². The number of aromatic nitrogens is 3. The molecule has 0 unspecified atom stereocenters. The first kappa shape index (κ1) is 11.6. The van der Waals surface area contributed by atoms with E-state index in [2.05, 4.69) is 10.2 Å². The molecule has 0 saturated heterocycles. The van der Waals surface area contributed by atoms with Gasteiger partial charge < -0.3 is 9.47 Å². The van der Waals surface area contributed by atoms with Crippen LogP contribution in [0.2, 0.25) is 0 Å². The first-order chi connectivity index (χ1) is 7.19. The van der Waals surface area contributed by atoms with Crippen molar-refractivity contribution in [3.05, 3.63) is 11.4 Å². The highest BCUT2D eigenvalue weighted by Crippen LogP contribution is 2.03. The van der Waals surface area contributed by atoms with Crippen molar-refractivity contribution < 1.29 is 14.3 Å². The second-order valence-corrected chi connectivity index (χ2v) is 2.94. The third-order valence-corrected chi connectivity index (χ3v) is 1.79. The third kappa shape index (κ3) is 3.02. The molecule has 1 heterocycles. The summed E-state index contributed by atoms with van der Waals surface area (Å²) in [6.07, 6.45) is 0. The molecule has 0 saturated carbocycles. The van der Waals surface area contributed by atoms with Crippen molar-refractivity contribution in [1.82, 2.24) is 15.0 Å². The molecular weight excluding hydrogens is 198 g/mol. The Labute approximate surface area is 88.2 Å². The summed E-state index contributed by atoms with van der Waals surface area (Å²) in [6.45, 7) is 4.85. The average molecular weight is 213 g/mol. The van der Waals surface area contributed by atoms with Gasteiger partial charge >= 0.3 is 5.97 Å². The van der Waals surface area contributed by atoms with Gasteiger partial charge in [0.25, 0.3) is 0 Å². The van der Waals surface area contributed by atoms with Crippen LogP contribution in [0.3, 0.4) is 0 Å². The monoisotopic (exact) mass is 213 g/mol. The Morgan fingerprint density at radius 2 is 2.20 bits per heavy atom. The van der Waals surface area contributed by atoms with Crippen LogP contribution in [0, 0.1) is 6.92 Å². The van der Waals surface area contributed by atoms with Crippen LogP contribution in [0.4, 0.5) is 0 Å². The molecule has 1 aromatic heterocycles. The topological polar surface area (TPSA) is 66.2 Å². The Balaban J connectivity index is 2.72. The summed E-state index contributed by atoms with van der Waals surface area (Å²) >= 11 is 0. The highest BCUT2D eigenvalue weighted by atomic mass is 16.5. The van der Waals surface area contributed by atoms with E-state index in [1.165, 1.54) is 4.80 Å². The fraction of sp³-hybridized carbons (Fsp3) is 0.667. The maximum Gasteiger partial charge on any atom is 0.360 e. The lowest BCUT2D eigenvalue weighted by atomic mass is 10.3. The summed E-state index contributed by atoms with van der Waals surface area (Å²) in [5, 5.41) is 8.09. The van der Waals surface area contributed by atoms with Crippen molar-refractivity contribution in [2.45, 2.75) is 20.4 Å². The number of esters is 1. The van der Waals surface area contributed by atoms with Gasteiger partial charge in [0.1, 0.15) is 0 Å². The van der Waals surface area contributed by atoms with Gasteiger partial charge in [-0.1, -0.05) is 0 Å². The normalized spacial score (nSPS) is 10.3. The third-order valence-electron chi connectivity index (χ3n) is 1.79. The van der Waals surface area contributed by atoms with Crippen LogP contribution in [-0.4, -0.2) is 41.3 Å². The van der Waals surface area contributed by atoms with Gasteiger partial charge in [0, 0.05) is 7.11 Å². The van der Waals surface area contributed by atoms with Crippen molar-refractivity contribution >= 4 is 5.97 Å². The number of nitrogens with zero attached hydrogens (tertiary/aromatic N) is 3. The Hall–Kier alpha value is -1.43. The summed E-state index contributed by atoms with van der Waals surface area (Å²) in [4.78, 5) is 12.8. The first-order valence-corrected chi connectivity index (χ1v) is 4.76. The van der Waals surface area contributed by atoms with Crippen molar-refractivity contribution in [3.63, 3.8) is 0 Å². The minimum absolute atomic E-state index is 0.271. The van der Waals surface area contributed by atoms with Gasteiger partial charge in [0.2, 0.25) is 0 Å². The molecule has 0 aromatic carbocycles. The Morgan fingerprint density at radius 3 is 2.80 bits per heavy atom. The molecule has 0 aliphatic carbocycles. The number of carbonyl (C=O) groups is 1. The van der Waals surface area contributed by atoms with Gasteiger partial charge in [-0.15, -0.1) is 5.10 Å². The molecule has 0 N–H and O–H groups in total. The second kappa shape index (κ2) is 5.45. The summed E-state index contributed by atoms with van der Waals surface area (Å²) in [5.74, 6) is -0.432. The van der Waals surface area contributed by atoms with Crippen LogP contribution in [-0.2, 0) is 16.0 Å². The number of rotatable bonds is 5. The molecule has 84 valence electrons. The first-order valence-electron chi connectivity index (χ1n) is 4.76. The molecule has 1 aromatic rings. The van der Waals surface area contributed by atoms with Gasteiger partial charge in [-0.25, -0.2) is 4.79 Å². The van der Waals surface area contributed by atoms with E-state index in [-0.39, 0.29) is 5.69 Å². The number of methoxy groups -OCH3 is 1. The van der Waals surface area contributed by atoms with Crippen LogP contribution in [0.15, 0.2) is 0 Å². The molecule has 0 spiro atoms. The maximum absolute atomic E-state index is 11.4. The molecule has 15 heavy (non-hydrogen) atoms. The van der Waals surface area contributed by atoms with Gasteiger partial charge in [0.05, 0.1) is 25.5 Å². The van der Waals surface area contributed by atoms with E-state index in [0.29, 0.717) is 25.5 Å². The predicted molar refractivity (Wildman–Crippen MR) is 52.6 cm³/mol. The lowest BCUT2D eigenvalue weighted by Crippen LogP contribution is -2.10. The van der Waals surface area contributed by atoms with Crippen LogP contribution in [0.1, 0.15) is 23.1 Å². The van der Waals surface area contributed by atoms with Gasteiger partial charge in [-0.3, -0.25) is 0 Å². The average Bonchev–Trinajstić information content (AvgIpc) is 2.57. The fourth-order valence-electron chi connectivity index (χ4n) is 1.09. The van der Waals surface area contributed by atoms with E-state index in [9.17, 15) is 4.79 Å². The lowest BCUT2D eigenvalue weighted by molar-refractivity contribution is 0.0517. The van der Waals surface area contributed by atoms with Crippen molar-refractivity contribution in [3.8, 4) is 0 Å². The summed E-state index contributed by atoms with van der Waals surface area (Å²) in [7, 11) is 1.60. The summed E-state index contributed by atoms with van der Waals surface area (Å²) < 4.78 is 9.73. The molecule has 1 rings (SSSR count). The largest absolute Gasteiger partial charge is 0.461 e. The zero-order valence-electron chi connectivity index (χ0n) is 9.19. The van der Waals surface area contributed by atoms with E-state index in [1.54, 1.807) is 21.0 Å². The zero-order valence-corrected chi connectivity index (χ0v) is 9.19. The molecular formula is C9H15N3O3. The standard InChI is InChI=1S/C9H15N3O3/c1-4-15-9(13)8-7(2)10-12(11-8)5-6-14-3/h4-6H2,1-3H3. The quantitative estimate of drug-likeness (QED) is 0.663. The van der Waals surface area contributed by atoms with Crippen molar-refractivity contribution in [2.75, 3.05) is 20.3 Å². The fourth-order valence-corrected chi connectivity index (χ4v) is 1.09. The minimum Gasteiger partial charge on any atom is -0.461 e. The Morgan fingerprint density at radius 1 is 1.47 bits per heavy atom. The number of hydrogen-bond donors (Lipinski definition) is 0. The molecule has 0 aliphatic rings. The second-order valence-electron chi connectivity index (χ2n) is 2.94. The Kier molecular flexibility index (Phi) is 4.23. The predicted octanol–water partition coefficient (Wildman–Crippen LogP) is 0.410. The summed E-state index contributed by atoms with van der Waals surface area (Å²) in [6, 6.07) is 0. The number of hydrogen-bond acceptors (Lipinski definition) is 5. The number of ether oxygens (including phenoxy) is 2. The molecule has 6 heteroatoms. The van der Waals surface area contributed by atoms with Crippen LogP contribution in [0.25, 0.3) is 0 Å². The lowest BCUT2D eigenvalue weighted by Gasteiger charge is -1.97. The van der Waals surface area contributed by atoms with Crippen LogP contribution in [0.5, 0.6) is 0 Å². The molecule has 6 nitrogen and oxygen atoms in total. The van der Waals surface area contributed by atoms with E-state index in [4.69, 9.17) is 9.47 Å². The molecule has 0 atom stereocenters. The minimum atomic E-state index is -0.432. The molecule has 0 bridgehead atoms. The van der Waals surface area contributed by atoms with Crippen LogP contribution >= 0.6 is 0 Å². The molecule has 0 fully saturated rings. The SMILES string of the molecule is CCOC(=O)c1nn(CCOC)nc1C. The molecule has 0 amide bonds. The smallest absolute Gasteiger partial charge is 0.360 e. The van der Waals surface area contributed by atoms with Gasteiger partial charge in [-0.2, -0.15) is 9.90 Å². The summed E-state index contributed by atoms with van der Waals surface area (Å²) in [5.41, 5.74) is 0.845. The molecule has 0 aliphatic heterocycles. The maximum atomic E-state index is 11.4. The number of aryl methyl sites for hydroxylation is 1.